The molecule has 0 atom stereocenters. The number of benzene rings is 2. The second kappa shape index (κ2) is 4.84. The maximum Gasteiger partial charge on any atom is 0.0443 e. The second-order valence-corrected chi connectivity index (χ2v) is 6.55. The van der Waals surface area contributed by atoms with Gasteiger partial charge in [-0.2, -0.15) is 0 Å². The first-order chi connectivity index (χ1) is 10.7. The fourth-order valence-electron chi connectivity index (χ4n) is 3.57. The molecule has 0 radical (unpaired) electrons. The molecule has 0 saturated heterocycles. The van der Waals surface area contributed by atoms with E-state index in [4.69, 9.17) is 0 Å². The lowest BCUT2D eigenvalue weighted by atomic mass is 9.82. The summed E-state index contributed by atoms with van der Waals surface area (Å²) in [4.78, 5) is 4.23. The second-order valence-electron chi connectivity index (χ2n) is 6.55. The number of hydrogen-bond acceptors (Lipinski definition) is 2. The lowest BCUT2D eigenvalue weighted by Gasteiger charge is -2.21. The normalized spacial score (nSPS) is 17.6. The molecule has 110 valence electrons. The van der Waals surface area contributed by atoms with E-state index in [9.17, 15) is 0 Å². The van der Waals surface area contributed by atoms with Gasteiger partial charge in [0.15, 0.2) is 0 Å². The topological polar surface area (TPSA) is 24.4 Å². The van der Waals surface area contributed by atoms with Crippen molar-refractivity contribution in [3.8, 4) is 11.1 Å². The zero-order chi connectivity index (χ0) is 15.2. The first kappa shape index (κ1) is 13.3. The summed E-state index contributed by atoms with van der Waals surface area (Å²) in [7, 11) is 0. The summed E-state index contributed by atoms with van der Waals surface area (Å²) in [5.74, 6) is 0. The molecule has 22 heavy (non-hydrogen) atoms. The van der Waals surface area contributed by atoms with Crippen LogP contribution >= 0.6 is 0 Å². The molecule has 2 nitrogen and oxygen atoms in total. The Bertz CT molecular complexity index is 797. The first-order valence-corrected chi connectivity index (χ1v) is 7.87. The number of aliphatic imine (C=N–C) groups is 1. The SMILES string of the molecule is CC1(C)c2ccccc2-c2cc(NC3=CC=NCC3)ccc21. The molecule has 0 amide bonds. The predicted octanol–water partition coefficient (Wildman–Crippen LogP) is 4.76. The van der Waals surface area contributed by atoms with E-state index in [-0.39, 0.29) is 5.41 Å². The van der Waals surface area contributed by atoms with E-state index in [0.29, 0.717) is 0 Å². The van der Waals surface area contributed by atoms with Crippen LogP contribution in [0.4, 0.5) is 5.69 Å². The quantitative estimate of drug-likeness (QED) is 0.846. The highest BCUT2D eigenvalue weighted by molar-refractivity contribution is 5.83. The molecule has 1 N–H and O–H groups in total. The molecule has 0 bridgehead atoms. The van der Waals surface area contributed by atoms with Crippen LogP contribution < -0.4 is 5.32 Å². The predicted molar refractivity (Wildman–Crippen MR) is 93.7 cm³/mol. The summed E-state index contributed by atoms with van der Waals surface area (Å²) in [6.45, 7) is 5.50. The number of allylic oxidation sites excluding steroid dienone is 1. The Hall–Kier alpha value is -2.35. The summed E-state index contributed by atoms with van der Waals surface area (Å²) < 4.78 is 0. The molecular weight excluding hydrogens is 268 g/mol. The number of nitrogens with zero attached hydrogens (tertiary/aromatic N) is 1. The standard InChI is InChI=1S/C20H20N2/c1-20(2)18-6-4-3-5-16(18)17-13-15(7-8-19(17)20)22-14-9-11-21-12-10-14/h3-9,11,13,22H,10,12H2,1-2H3. The molecule has 0 fully saturated rings. The van der Waals surface area contributed by atoms with Crippen LogP contribution in [0.25, 0.3) is 11.1 Å². The van der Waals surface area contributed by atoms with Crippen LogP contribution in [0.5, 0.6) is 0 Å². The Labute approximate surface area is 131 Å². The highest BCUT2D eigenvalue weighted by Crippen LogP contribution is 2.49. The smallest absolute Gasteiger partial charge is 0.0443 e. The molecule has 0 spiro atoms. The zero-order valence-electron chi connectivity index (χ0n) is 13.1. The lowest BCUT2D eigenvalue weighted by molar-refractivity contribution is 0.660. The van der Waals surface area contributed by atoms with Crippen LogP contribution in [0.2, 0.25) is 0 Å². The molecule has 1 heterocycles. The van der Waals surface area contributed by atoms with Gasteiger partial charge in [0.25, 0.3) is 0 Å². The van der Waals surface area contributed by atoms with Crippen molar-refractivity contribution in [3.63, 3.8) is 0 Å². The average molecular weight is 288 g/mol. The van der Waals surface area contributed by atoms with Crippen molar-refractivity contribution in [2.75, 3.05) is 11.9 Å². The largest absolute Gasteiger partial charge is 0.359 e. The lowest BCUT2D eigenvalue weighted by Crippen LogP contribution is -2.14. The van der Waals surface area contributed by atoms with Gasteiger partial charge in [0.2, 0.25) is 0 Å². The Morgan fingerprint density at radius 3 is 2.64 bits per heavy atom. The number of dihydropyridines is 1. The van der Waals surface area contributed by atoms with Crippen LogP contribution in [0.15, 0.2) is 59.2 Å². The summed E-state index contributed by atoms with van der Waals surface area (Å²) in [6.07, 6.45) is 4.93. The van der Waals surface area contributed by atoms with Gasteiger partial charge in [-0.05, 0) is 40.5 Å². The Morgan fingerprint density at radius 2 is 1.82 bits per heavy atom. The first-order valence-electron chi connectivity index (χ1n) is 7.87. The Kier molecular flexibility index (Phi) is 2.93. The van der Waals surface area contributed by atoms with Crippen molar-refractivity contribution in [1.29, 1.82) is 0 Å². The van der Waals surface area contributed by atoms with Crippen molar-refractivity contribution in [1.82, 2.24) is 0 Å². The Morgan fingerprint density at radius 1 is 1.00 bits per heavy atom. The number of fused-ring (bicyclic) bond motifs is 3. The van der Waals surface area contributed by atoms with Crippen LogP contribution in [0.1, 0.15) is 31.4 Å². The summed E-state index contributed by atoms with van der Waals surface area (Å²) in [5.41, 5.74) is 8.04. The third-order valence-corrected chi connectivity index (χ3v) is 4.78. The average Bonchev–Trinajstić information content (AvgIpc) is 2.77. The van der Waals surface area contributed by atoms with Gasteiger partial charge in [0.05, 0.1) is 0 Å². The third-order valence-electron chi connectivity index (χ3n) is 4.78. The van der Waals surface area contributed by atoms with Gasteiger partial charge in [-0.15, -0.1) is 0 Å². The van der Waals surface area contributed by atoms with Gasteiger partial charge in [-0.1, -0.05) is 44.2 Å². The number of hydrogen-bond donors (Lipinski definition) is 1. The van der Waals surface area contributed by atoms with Gasteiger partial charge < -0.3 is 5.32 Å². The van der Waals surface area contributed by atoms with E-state index in [1.165, 1.54) is 28.0 Å². The van der Waals surface area contributed by atoms with Crippen molar-refractivity contribution in [2.45, 2.75) is 25.7 Å². The molecule has 1 aliphatic heterocycles. The number of rotatable bonds is 2. The zero-order valence-corrected chi connectivity index (χ0v) is 13.1. The summed E-state index contributed by atoms with van der Waals surface area (Å²) >= 11 is 0. The van der Waals surface area contributed by atoms with Gasteiger partial charge >= 0.3 is 0 Å². The van der Waals surface area contributed by atoms with E-state index in [0.717, 1.165) is 18.7 Å². The van der Waals surface area contributed by atoms with Crippen LogP contribution in [0.3, 0.4) is 0 Å². The molecule has 0 unspecified atom stereocenters. The highest BCUT2D eigenvalue weighted by atomic mass is 14.9. The number of anilines is 1. The van der Waals surface area contributed by atoms with Crippen molar-refractivity contribution in [2.24, 2.45) is 4.99 Å². The van der Waals surface area contributed by atoms with Crippen LogP contribution in [0, 0.1) is 0 Å². The minimum absolute atomic E-state index is 0.0845. The maximum atomic E-state index is 4.23. The molecule has 2 heteroatoms. The van der Waals surface area contributed by atoms with Gasteiger partial charge in [-0.25, -0.2) is 0 Å². The van der Waals surface area contributed by atoms with Gasteiger partial charge in [0, 0.05) is 36.0 Å². The van der Waals surface area contributed by atoms with E-state index < -0.39 is 0 Å². The fraction of sp³-hybridized carbons (Fsp3) is 0.250. The van der Waals surface area contributed by atoms with E-state index in [2.05, 4.69) is 72.7 Å². The maximum absolute atomic E-state index is 4.23. The van der Waals surface area contributed by atoms with Crippen molar-refractivity contribution >= 4 is 11.9 Å². The van der Waals surface area contributed by atoms with Crippen LogP contribution in [-0.2, 0) is 5.41 Å². The molecule has 2 aromatic carbocycles. The summed E-state index contributed by atoms with van der Waals surface area (Å²) in [5, 5.41) is 3.54. The minimum atomic E-state index is 0.0845. The van der Waals surface area contributed by atoms with Gasteiger partial charge in [-0.3, -0.25) is 4.99 Å². The van der Waals surface area contributed by atoms with E-state index >= 15 is 0 Å². The fourth-order valence-corrected chi connectivity index (χ4v) is 3.57. The molecule has 0 aromatic heterocycles. The molecule has 1 aliphatic carbocycles. The third kappa shape index (κ3) is 1.98. The van der Waals surface area contributed by atoms with Crippen LogP contribution in [-0.4, -0.2) is 12.8 Å². The molecule has 4 rings (SSSR count). The van der Waals surface area contributed by atoms with Gasteiger partial charge in [0.1, 0.15) is 0 Å². The summed E-state index contributed by atoms with van der Waals surface area (Å²) in [6, 6.07) is 15.5. The molecule has 0 saturated carbocycles. The number of nitrogens with one attached hydrogen (secondary N) is 1. The van der Waals surface area contributed by atoms with E-state index in [1.807, 2.05) is 6.21 Å². The molecular formula is C20H20N2. The Balaban J connectivity index is 1.77. The van der Waals surface area contributed by atoms with E-state index in [1.54, 1.807) is 0 Å². The minimum Gasteiger partial charge on any atom is -0.359 e. The molecule has 2 aliphatic rings. The molecule has 2 aromatic rings. The van der Waals surface area contributed by atoms with Crippen molar-refractivity contribution in [3.05, 3.63) is 65.4 Å². The highest BCUT2D eigenvalue weighted by Gasteiger charge is 2.34. The monoisotopic (exact) mass is 288 g/mol. The van der Waals surface area contributed by atoms with Crippen molar-refractivity contribution < 1.29 is 0 Å².